The van der Waals surface area contributed by atoms with Crippen LogP contribution in [0, 0.1) is 0 Å². The SMILES string of the molecule is CCNC(=O)[C@H]1O[C@@H](n2cnc3c(N)nc(NCCN4CCOc5cc(/C=C/c6nc7c(c(=O)n(C)c(=O)n7C)n6C)ccc54)nc32)[C@H](O)[C@@H]1O. The van der Waals surface area contributed by atoms with Crippen LogP contribution in [0.15, 0.2) is 34.1 Å². The number of nitrogens with one attached hydrogen (secondary N) is 2. The third kappa shape index (κ3) is 5.83. The van der Waals surface area contributed by atoms with Gasteiger partial charge in [-0.05, 0) is 30.7 Å². The Morgan fingerprint density at radius 3 is 2.65 bits per heavy atom. The summed E-state index contributed by atoms with van der Waals surface area (Å²) in [5, 5.41) is 27.0. The van der Waals surface area contributed by atoms with Crippen molar-refractivity contribution in [3.05, 3.63) is 56.8 Å². The predicted molar refractivity (Wildman–Crippen MR) is 187 cm³/mol. The van der Waals surface area contributed by atoms with E-state index in [0.717, 1.165) is 15.8 Å². The number of amides is 1. The van der Waals surface area contributed by atoms with E-state index >= 15 is 0 Å². The molecule has 51 heavy (non-hydrogen) atoms. The van der Waals surface area contributed by atoms with E-state index in [9.17, 15) is 24.6 Å². The van der Waals surface area contributed by atoms with Crippen molar-refractivity contribution in [3.63, 3.8) is 0 Å². The molecule has 19 heteroatoms. The van der Waals surface area contributed by atoms with Gasteiger partial charge in [-0.1, -0.05) is 12.1 Å². The smallest absolute Gasteiger partial charge is 0.332 e. The molecule has 1 amide bonds. The molecule has 1 fully saturated rings. The normalized spacial score (nSPS) is 20.3. The molecule has 5 aromatic rings. The fourth-order valence-electron chi connectivity index (χ4n) is 6.37. The molecule has 0 aliphatic carbocycles. The average molecular weight is 703 g/mol. The molecule has 268 valence electrons. The van der Waals surface area contributed by atoms with Gasteiger partial charge in [-0.3, -0.25) is 23.3 Å². The topological polar surface area (TPSA) is 235 Å². The molecule has 2 aliphatic heterocycles. The second kappa shape index (κ2) is 13.2. The van der Waals surface area contributed by atoms with Crippen LogP contribution in [0.1, 0.15) is 24.5 Å². The number of anilines is 3. The zero-order chi connectivity index (χ0) is 36.1. The number of nitrogens with zero attached hydrogens (tertiary/aromatic N) is 9. The van der Waals surface area contributed by atoms with Gasteiger partial charge in [0.15, 0.2) is 35.0 Å². The molecule has 7 rings (SSSR count). The molecule has 6 N–H and O–H groups in total. The molecular formula is C32H38N12O7. The molecule has 0 unspecified atom stereocenters. The number of carbonyl (C=O) groups is 1. The maximum atomic E-state index is 12.7. The van der Waals surface area contributed by atoms with Crippen LogP contribution < -0.4 is 37.3 Å². The Kier molecular flexibility index (Phi) is 8.69. The summed E-state index contributed by atoms with van der Waals surface area (Å²) < 4.78 is 17.2. The third-order valence-electron chi connectivity index (χ3n) is 9.11. The summed E-state index contributed by atoms with van der Waals surface area (Å²) in [6.07, 6.45) is -0.230. The Morgan fingerprint density at radius 1 is 1.06 bits per heavy atom. The lowest BCUT2D eigenvalue weighted by atomic mass is 10.1. The Hall–Kier alpha value is -5.79. The number of hydrogen-bond acceptors (Lipinski definition) is 14. The van der Waals surface area contributed by atoms with Gasteiger partial charge in [0.2, 0.25) is 5.95 Å². The van der Waals surface area contributed by atoms with Gasteiger partial charge in [0, 0.05) is 40.8 Å². The van der Waals surface area contributed by atoms with Crippen molar-refractivity contribution in [2.45, 2.75) is 31.5 Å². The molecule has 4 aromatic heterocycles. The largest absolute Gasteiger partial charge is 0.490 e. The van der Waals surface area contributed by atoms with Gasteiger partial charge in [-0.15, -0.1) is 0 Å². The number of imidazole rings is 2. The van der Waals surface area contributed by atoms with Crippen LogP contribution >= 0.6 is 0 Å². The summed E-state index contributed by atoms with van der Waals surface area (Å²) in [5.74, 6) is 1.03. The lowest BCUT2D eigenvalue weighted by molar-refractivity contribution is -0.137. The molecule has 1 saturated heterocycles. The first-order chi connectivity index (χ1) is 24.5. The monoisotopic (exact) mass is 702 g/mol. The van der Waals surface area contributed by atoms with Crippen LogP contribution in [0.4, 0.5) is 17.5 Å². The van der Waals surface area contributed by atoms with Gasteiger partial charge in [-0.2, -0.15) is 9.97 Å². The van der Waals surface area contributed by atoms with E-state index < -0.39 is 41.7 Å². The lowest BCUT2D eigenvalue weighted by Crippen LogP contribution is -2.42. The molecule has 4 atom stereocenters. The van der Waals surface area contributed by atoms with E-state index in [0.29, 0.717) is 55.5 Å². The first-order valence-electron chi connectivity index (χ1n) is 16.3. The van der Waals surface area contributed by atoms with Gasteiger partial charge in [-0.25, -0.2) is 14.8 Å². The fraction of sp³-hybridized carbons (Fsp3) is 0.406. The number of aryl methyl sites for hydroxylation is 2. The fourth-order valence-corrected chi connectivity index (χ4v) is 6.37. The molecule has 0 bridgehead atoms. The van der Waals surface area contributed by atoms with E-state index in [-0.39, 0.29) is 22.9 Å². The second-order valence-electron chi connectivity index (χ2n) is 12.3. The summed E-state index contributed by atoms with van der Waals surface area (Å²) in [6.45, 7) is 4.22. The molecule has 2 aliphatic rings. The van der Waals surface area contributed by atoms with Crippen molar-refractivity contribution in [2.75, 3.05) is 48.7 Å². The third-order valence-corrected chi connectivity index (χ3v) is 9.11. The number of benzene rings is 1. The molecule has 1 aromatic carbocycles. The standard InChI is InChI=1S/C32H38N12O7/c1-5-34-28(47)24-22(45)23(46)30(51-24)44-15-36-20-25(33)38-31(39-26(20)44)35-10-11-43-12-13-50-18-14-16(6-8-17(18)43)7-9-19-37-27-21(40(19)2)29(48)42(4)32(49)41(27)3/h6-9,14-15,22-24,30,45-46H,5,10-13H2,1-4H3,(H,34,47)(H3,33,35,38,39)/b9-7+/t22-,23+,24-,30+/m0/s1. The number of hydrogen-bond donors (Lipinski definition) is 5. The molecule has 6 heterocycles. The van der Waals surface area contributed by atoms with Crippen molar-refractivity contribution >= 4 is 57.8 Å². The highest BCUT2D eigenvalue weighted by atomic mass is 16.6. The molecule has 0 radical (unpaired) electrons. The van der Waals surface area contributed by atoms with Crippen molar-refractivity contribution in [3.8, 4) is 5.75 Å². The van der Waals surface area contributed by atoms with Crippen molar-refractivity contribution in [1.29, 1.82) is 0 Å². The van der Waals surface area contributed by atoms with Crippen LogP contribution in [-0.4, -0.2) is 105 Å². The summed E-state index contributed by atoms with van der Waals surface area (Å²) in [5.41, 5.74) is 8.32. The number of aromatic nitrogens is 8. The summed E-state index contributed by atoms with van der Waals surface area (Å²) >= 11 is 0. The number of rotatable bonds is 9. The van der Waals surface area contributed by atoms with Gasteiger partial charge in [0.25, 0.3) is 11.5 Å². The van der Waals surface area contributed by atoms with E-state index in [1.54, 1.807) is 31.7 Å². The van der Waals surface area contributed by atoms with Crippen molar-refractivity contribution < 1.29 is 24.5 Å². The molecule has 0 spiro atoms. The minimum atomic E-state index is -1.45. The van der Waals surface area contributed by atoms with Gasteiger partial charge < -0.3 is 45.5 Å². The number of aliphatic hydroxyl groups excluding tert-OH is 2. The van der Waals surface area contributed by atoms with Crippen molar-refractivity contribution in [1.82, 2.24) is 43.5 Å². The Bertz CT molecular complexity index is 2310. The van der Waals surface area contributed by atoms with E-state index in [1.165, 1.54) is 22.5 Å². The van der Waals surface area contributed by atoms with Crippen LogP contribution in [-0.2, 0) is 30.7 Å². The Labute approximate surface area is 289 Å². The number of aliphatic hydroxyl groups is 2. The zero-order valence-electron chi connectivity index (χ0n) is 28.3. The van der Waals surface area contributed by atoms with Gasteiger partial charge in [0.1, 0.15) is 35.9 Å². The van der Waals surface area contributed by atoms with Gasteiger partial charge >= 0.3 is 5.69 Å². The first kappa shape index (κ1) is 33.7. The summed E-state index contributed by atoms with van der Waals surface area (Å²) in [6, 6.07) is 5.85. The lowest BCUT2D eigenvalue weighted by Gasteiger charge is -2.31. The number of fused-ring (bicyclic) bond motifs is 3. The van der Waals surface area contributed by atoms with Crippen molar-refractivity contribution in [2.24, 2.45) is 21.1 Å². The van der Waals surface area contributed by atoms with Crippen LogP contribution in [0.25, 0.3) is 34.5 Å². The number of likely N-dealkylation sites (N-methyl/N-ethyl adjacent to an activating group) is 1. The molecule has 0 saturated carbocycles. The number of nitrogen functional groups attached to an aromatic ring is 1. The maximum absolute atomic E-state index is 12.7. The van der Waals surface area contributed by atoms with Gasteiger partial charge in [0.05, 0.1) is 18.6 Å². The first-order valence-corrected chi connectivity index (χ1v) is 16.3. The highest BCUT2D eigenvalue weighted by Gasteiger charge is 2.47. The summed E-state index contributed by atoms with van der Waals surface area (Å²) in [4.78, 5) is 57.3. The van der Waals surface area contributed by atoms with E-state index in [1.807, 2.05) is 24.3 Å². The predicted octanol–water partition coefficient (Wildman–Crippen LogP) is -1.07. The van der Waals surface area contributed by atoms with Crippen LogP contribution in [0.5, 0.6) is 5.75 Å². The minimum Gasteiger partial charge on any atom is -0.490 e. The number of nitrogens with two attached hydrogens (primary N) is 1. The second-order valence-corrected chi connectivity index (χ2v) is 12.3. The highest BCUT2D eigenvalue weighted by molar-refractivity contribution is 5.84. The maximum Gasteiger partial charge on any atom is 0.332 e. The Morgan fingerprint density at radius 2 is 1.86 bits per heavy atom. The highest BCUT2D eigenvalue weighted by Crippen LogP contribution is 2.34. The molecular weight excluding hydrogens is 664 g/mol. The van der Waals surface area contributed by atoms with Crippen LogP contribution in [0.3, 0.4) is 0 Å². The molecule has 19 nitrogen and oxygen atoms in total. The number of ether oxygens (including phenoxy) is 2. The average Bonchev–Trinajstić information content (AvgIpc) is 3.78. The quantitative estimate of drug-likeness (QED) is 0.123. The van der Waals surface area contributed by atoms with E-state index in [2.05, 4.69) is 35.5 Å². The number of carbonyl (C=O) groups excluding carboxylic acids is 1. The van der Waals surface area contributed by atoms with Crippen LogP contribution in [0.2, 0.25) is 0 Å². The zero-order valence-corrected chi connectivity index (χ0v) is 28.3. The Balaban J connectivity index is 1.04. The summed E-state index contributed by atoms with van der Waals surface area (Å²) in [7, 11) is 4.76. The van der Waals surface area contributed by atoms with E-state index in [4.69, 9.17) is 15.2 Å². The minimum absolute atomic E-state index is 0.108.